The van der Waals surface area contributed by atoms with Crippen LogP contribution in [0.4, 0.5) is 5.69 Å². The third kappa shape index (κ3) is 4.31. The van der Waals surface area contributed by atoms with Crippen molar-refractivity contribution < 1.29 is 19.1 Å². The first kappa shape index (κ1) is 21.7. The molecule has 0 radical (unpaired) electrons. The maximum absolute atomic E-state index is 13.2. The lowest BCUT2D eigenvalue weighted by atomic mass is 10.1. The predicted molar refractivity (Wildman–Crippen MR) is 127 cm³/mol. The van der Waals surface area contributed by atoms with Gasteiger partial charge in [0, 0.05) is 4.47 Å². The molecule has 2 amide bonds. The molecule has 0 aromatic heterocycles. The molecular formula is C20H16BrIN2O4S. The predicted octanol–water partition coefficient (Wildman–Crippen LogP) is 4.21. The number of carbonyl (C=O) groups is 2. The van der Waals surface area contributed by atoms with Crippen molar-refractivity contribution in [3.05, 3.63) is 55.1 Å². The first-order valence-corrected chi connectivity index (χ1v) is 10.6. The van der Waals surface area contributed by atoms with Gasteiger partial charge in [-0.05, 0) is 89.3 Å². The maximum atomic E-state index is 13.2. The average Bonchev–Trinajstić information content (AvgIpc) is 2.66. The van der Waals surface area contributed by atoms with Crippen molar-refractivity contribution in [1.29, 1.82) is 0 Å². The van der Waals surface area contributed by atoms with Crippen LogP contribution < -0.4 is 19.7 Å². The van der Waals surface area contributed by atoms with Crippen molar-refractivity contribution in [2.75, 3.05) is 19.1 Å². The number of ether oxygens (including phenoxy) is 2. The molecule has 1 aliphatic rings. The highest BCUT2D eigenvalue weighted by Crippen LogP contribution is 2.35. The molecule has 1 heterocycles. The molecule has 150 valence electrons. The average molecular weight is 587 g/mol. The quantitative estimate of drug-likeness (QED) is 0.252. The normalized spacial score (nSPS) is 15.6. The zero-order valence-electron chi connectivity index (χ0n) is 15.7. The first-order valence-electron chi connectivity index (χ1n) is 8.36. The van der Waals surface area contributed by atoms with Crippen molar-refractivity contribution in [1.82, 2.24) is 5.32 Å². The van der Waals surface area contributed by atoms with Gasteiger partial charge in [0.05, 0.1) is 23.5 Å². The summed E-state index contributed by atoms with van der Waals surface area (Å²) in [6, 6.07) is 8.98. The Balaban J connectivity index is 2.07. The summed E-state index contributed by atoms with van der Waals surface area (Å²) < 4.78 is 12.4. The van der Waals surface area contributed by atoms with Crippen molar-refractivity contribution in [3.8, 4) is 11.5 Å². The SMILES string of the molecule is COc1cc(/C=C2\C(=O)NC(=S)N(c3ccc(Br)cc3C)C2=O)cc(I)c1OC. The number of aryl methyl sites for hydroxylation is 1. The van der Waals surface area contributed by atoms with Gasteiger partial charge in [-0.3, -0.25) is 19.8 Å². The van der Waals surface area contributed by atoms with E-state index in [0.717, 1.165) is 13.6 Å². The molecule has 0 saturated carbocycles. The van der Waals surface area contributed by atoms with E-state index in [1.165, 1.54) is 18.1 Å². The fourth-order valence-corrected chi connectivity index (χ4v) is 4.53. The molecule has 29 heavy (non-hydrogen) atoms. The summed E-state index contributed by atoms with van der Waals surface area (Å²) in [5.74, 6) is 0.0544. The van der Waals surface area contributed by atoms with Gasteiger partial charge in [0.1, 0.15) is 5.57 Å². The van der Waals surface area contributed by atoms with Gasteiger partial charge in [0.15, 0.2) is 16.6 Å². The Morgan fingerprint density at radius 2 is 1.90 bits per heavy atom. The summed E-state index contributed by atoms with van der Waals surface area (Å²) in [4.78, 5) is 27.0. The zero-order valence-corrected chi connectivity index (χ0v) is 20.3. The van der Waals surface area contributed by atoms with Gasteiger partial charge in [-0.2, -0.15) is 0 Å². The summed E-state index contributed by atoms with van der Waals surface area (Å²) in [7, 11) is 3.08. The summed E-state index contributed by atoms with van der Waals surface area (Å²) >= 11 is 10.8. The van der Waals surface area contributed by atoms with Gasteiger partial charge in [-0.15, -0.1) is 0 Å². The number of benzene rings is 2. The molecule has 0 bridgehead atoms. The highest BCUT2D eigenvalue weighted by atomic mass is 127. The number of amides is 2. The number of nitrogens with zero attached hydrogens (tertiary/aromatic N) is 1. The molecule has 0 spiro atoms. The van der Waals surface area contributed by atoms with Crippen molar-refractivity contribution in [3.63, 3.8) is 0 Å². The highest BCUT2D eigenvalue weighted by Gasteiger charge is 2.35. The highest BCUT2D eigenvalue weighted by molar-refractivity contribution is 14.1. The lowest BCUT2D eigenvalue weighted by molar-refractivity contribution is -0.122. The van der Waals surface area contributed by atoms with Gasteiger partial charge in [0.2, 0.25) is 0 Å². The molecule has 9 heteroatoms. The van der Waals surface area contributed by atoms with E-state index in [0.29, 0.717) is 22.7 Å². The Hall–Kier alpha value is -1.98. The number of hydrogen-bond acceptors (Lipinski definition) is 5. The summed E-state index contributed by atoms with van der Waals surface area (Å²) in [6.45, 7) is 1.87. The monoisotopic (exact) mass is 586 g/mol. The number of nitrogens with one attached hydrogen (secondary N) is 1. The third-order valence-corrected chi connectivity index (χ3v) is 5.85. The van der Waals surface area contributed by atoms with Crippen LogP contribution in [0.1, 0.15) is 11.1 Å². The maximum Gasteiger partial charge on any atom is 0.270 e. The van der Waals surface area contributed by atoms with Crippen LogP contribution in [0.3, 0.4) is 0 Å². The van der Waals surface area contributed by atoms with E-state index in [2.05, 4.69) is 43.8 Å². The largest absolute Gasteiger partial charge is 0.493 e. The van der Waals surface area contributed by atoms with E-state index in [-0.39, 0.29) is 10.7 Å². The van der Waals surface area contributed by atoms with Crippen molar-refractivity contribution in [2.45, 2.75) is 6.92 Å². The van der Waals surface area contributed by atoms with Gasteiger partial charge < -0.3 is 9.47 Å². The molecular weight excluding hydrogens is 571 g/mol. The second-order valence-corrected chi connectivity index (χ2v) is 8.59. The van der Waals surface area contributed by atoms with Gasteiger partial charge in [0.25, 0.3) is 11.8 Å². The zero-order chi connectivity index (χ0) is 21.3. The molecule has 1 N–H and O–H groups in total. The molecule has 0 aliphatic carbocycles. The van der Waals surface area contributed by atoms with E-state index < -0.39 is 11.8 Å². The molecule has 2 aromatic carbocycles. The van der Waals surface area contributed by atoms with E-state index in [1.54, 1.807) is 25.3 Å². The lowest BCUT2D eigenvalue weighted by Gasteiger charge is -2.30. The molecule has 1 fully saturated rings. The van der Waals surface area contributed by atoms with Crippen LogP contribution in [0.2, 0.25) is 0 Å². The number of methoxy groups -OCH3 is 2. The third-order valence-electron chi connectivity index (χ3n) is 4.27. The molecule has 1 aliphatic heterocycles. The minimum Gasteiger partial charge on any atom is -0.493 e. The van der Waals surface area contributed by atoms with Crippen LogP contribution in [-0.4, -0.2) is 31.1 Å². The van der Waals surface area contributed by atoms with E-state index >= 15 is 0 Å². The van der Waals surface area contributed by atoms with E-state index in [1.807, 2.05) is 19.1 Å². The number of carbonyl (C=O) groups excluding carboxylic acids is 2. The molecule has 6 nitrogen and oxygen atoms in total. The number of halogens is 2. The molecule has 1 saturated heterocycles. The molecule has 2 aromatic rings. The minimum absolute atomic E-state index is 0.0241. The Kier molecular flexibility index (Phi) is 6.59. The Morgan fingerprint density at radius 3 is 2.52 bits per heavy atom. The number of hydrogen-bond donors (Lipinski definition) is 1. The van der Waals surface area contributed by atoms with Gasteiger partial charge in [-0.1, -0.05) is 15.9 Å². The van der Waals surface area contributed by atoms with Crippen molar-refractivity contribution >= 4 is 79.4 Å². The number of rotatable bonds is 4. The Labute approximate surface area is 195 Å². The standard InChI is InChI=1S/C20H16BrIN2O4S/c1-10-6-12(21)4-5-15(10)24-19(26)13(18(25)23-20(24)29)7-11-8-14(22)17(28-3)16(9-11)27-2/h4-9H,1-3H3,(H,23,25,29)/b13-7+. The second-order valence-electron chi connectivity index (χ2n) is 6.13. The Morgan fingerprint density at radius 1 is 1.17 bits per heavy atom. The molecule has 0 unspecified atom stereocenters. The van der Waals surface area contributed by atoms with E-state index in [4.69, 9.17) is 21.7 Å². The summed E-state index contributed by atoms with van der Waals surface area (Å²) in [5, 5.41) is 2.64. The molecule has 3 rings (SSSR count). The van der Waals surface area contributed by atoms with Gasteiger partial charge in [-0.25, -0.2) is 0 Å². The number of thiocarbonyl (C=S) groups is 1. The lowest BCUT2D eigenvalue weighted by Crippen LogP contribution is -2.54. The van der Waals surface area contributed by atoms with Crippen LogP contribution in [0.5, 0.6) is 11.5 Å². The summed E-state index contributed by atoms with van der Waals surface area (Å²) in [6.07, 6.45) is 1.52. The molecule has 0 atom stereocenters. The van der Waals surface area contributed by atoms with Crippen LogP contribution >= 0.6 is 50.7 Å². The minimum atomic E-state index is -0.546. The summed E-state index contributed by atoms with van der Waals surface area (Å²) in [5.41, 5.74) is 2.05. The second kappa shape index (κ2) is 8.80. The topological polar surface area (TPSA) is 67.9 Å². The first-order chi connectivity index (χ1) is 13.8. The van der Waals surface area contributed by atoms with Crippen LogP contribution in [0.25, 0.3) is 6.08 Å². The Bertz CT molecular complexity index is 1070. The smallest absolute Gasteiger partial charge is 0.270 e. The van der Waals surface area contributed by atoms with Crippen LogP contribution in [0, 0.1) is 10.5 Å². The fourth-order valence-electron chi connectivity index (χ4n) is 2.93. The van der Waals surface area contributed by atoms with Gasteiger partial charge >= 0.3 is 0 Å². The van der Waals surface area contributed by atoms with Crippen LogP contribution in [0.15, 0.2) is 40.4 Å². The fraction of sp³-hybridized carbons (Fsp3) is 0.150. The number of anilines is 1. The van der Waals surface area contributed by atoms with Crippen LogP contribution in [-0.2, 0) is 9.59 Å². The van der Waals surface area contributed by atoms with Crippen molar-refractivity contribution in [2.24, 2.45) is 0 Å². The van der Waals surface area contributed by atoms with E-state index in [9.17, 15) is 9.59 Å².